The van der Waals surface area contributed by atoms with Crippen molar-refractivity contribution in [2.24, 2.45) is 0 Å². The molecule has 0 saturated heterocycles. The van der Waals surface area contributed by atoms with Crippen LogP contribution in [0.5, 0.6) is 5.88 Å². The van der Waals surface area contributed by atoms with Crippen molar-refractivity contribution in [3.63, 3.8) is 0 Å². The first-order valence-corrected chi connectivity index (χ1v) is 6.88. The maximum Gasteiger partial charge on any atom is 0.214 e. The molecule has 0 unspecified atom stereocenters. The largest absolute Gasteiger partial charge is 0.472 e. The molecule has 0 aliphatic heterocycles. The molecule has 18 heavy (non-hydrogen) atoms. The topological polar surface area (TPSA) is 34.1 Å². The summed E-state index contributed by atoms with van der Waals surface area (Å²) in [5.41, 5.74) is 2.18. The Hall–Kier alpha value is -1.09. The van der Waals surface area contributed by atoms with E-state index in [0.717, 1.165) is 30.6 Å². The number of nitrogens with zero attached hydrogens (tertiary/aromatic N) is 1. The van der Waals surface area contributed by atoms with Crippen LogP contribution >= 0.6 is 0 Å². The summed E-state index contributed by atoms with van der Waals surface area (Å²) < 4.78 is 5.87. The number of aryl methyl sites for hydroxylation is 1. The van der Waals surface area contributed by atoms with Crippen LogP contribution in [0.3, 0.4) is 0 Å². The zero-order chi connectivity index (χ0) is 13.2. The van der Waals surface area contributed by atoms with Crippen LogP contribution in [0, 0.1) is 0 Å². The van der Waals surface area contributed by atoms with Crippen LogP contribution in [-0.4, -0.2) is 16.6 Å². The highest BCUT2D eigenvalue weighted by atomic mass is 16.5. The normalized spacial score (nSPS) is 15.8. The molecule has 3 heteroatoms. The molecule has 1 aliphatic rings. The molecular weight excluding hydrogens is 224 g/mol. The van der Waals surface area contributed by atoms with Gasteiger partial charge >= 0.3 is 0 Å². The Morgan fingerprint density at radius 2 is 2.06 bits per heavy atom. The zero-order valence-corrected chi connectivity index (χ0v) is 11.9. The number of aromatic nitrogens is 1. The molecule has 1 aromatic heterocycles. The van der Waals surface area contributed by atoms with E-state index in [0.29, 0.717) is 0 Å². The molecule has 0 bridgehead atoms. The lowest BCUT2D eigenvalue weighted by molar-refractivity contribution is 0.123. The second-order valence-corrected chi connectivity index (χ2v) is 6.03. The van der Waals surface area contributed by atoms with Crippen LogP contribution in [0.25, 0.3) is 0 Å². The van der Waals surface area contributed by atoms with E-state index in [1.807, 2.05) is 0 Å². The van der Waals surface area contributed by atoms with Crippen molar-refractivity contribution >= 4 is 0 Å². The summed E-state index contributed by atoms with van der Waals surface area (Å²) in [4.78, 5) is 4.53. The van der Waals surface area contributed by atoms with E-state index in [-0.39, 0.29) is 5.60 Å². The minimum absolute atomic E-state index is 0.194. The SMILES string of the molecule is CCc1cc(CNC2CC2)cc(OC(C)(C)C)n1. The fourth-order valence-electron chi connectivity index (χ4n) is 1.82. The minimum Gasteiger partial charge on any atom is -0.472 e. The number of pyridine rings is 1. The van der Waals surface area contributed by atoms with Crippen molar-refractivity contribution in [2.45, 2.75) is 65.1 Å². The lowest BCUT2D eigenvalue weighted by Gasteiger charge is -2.21. The number of nitrogens with one attached hydrogen (secondary N) is 1. The number of hydrogen-bond donors (Lipinski definition) is 1. The minimum atomic E-state index is -0.194. The molecule has 2 rings (SSSR count). The highest BCUT2D eigenvalue weighted by Gasteiger charge is 2.20. The molecule has 0 aromatic carbocycles. The second kappa shape index (κ2) is 5.27. The smallest absolute Gasteiger partial charge is 0.214 e. The highest BCUT2D eigenvalue weighted by Crippen LogP contribution is 2.21. The van der Waals surface area contributed by atoms with Crippen molar-refractivity contribution < 1.29 is 4.74 Å². The van der Waals surface area contributed by atoms with Crippen molar-refractivity contribution in [2.75, 3.05) is 0 Å². The highest BCUT2D eigenvalue weighted by molar-refractivity contribution is 5.26. The van der Waals surface area contributed by atoms with Crippen LogP contribution in [-0.2, 0) is 13.0 Å². The van der Waals surface area contributed by atoms with E-state index in [4.69, 9.17) is 4.74 Å². The molecular formula is C15H24N2O. The average Bonchev–Trinajstić information content (AvgIpc) is 3.07. The summed E-state index contributed by atoms with van der Waals surface area (Å²) in [5.74, 6) is 0.745. The van der Waals surface area contributed by atoms with Gasteiger partial charge in [0.1, 0.15) is 5.60 Å². The Balaban J connectivity index is 2.09. The predicted molar refractivity (Wildman–Crippen MR) is 73.9 cm³/mol. The van der Waals surface area contributed by atoms with Gasteiger partial charge in [0.2, 0.25) is 5.88 Å². The van der Waals surface area contributed by atoms with Gasteiger partial charge in [-0.2, -0.15) is 0 Å². The summed E-state index contributed by atoms with van der Waals surface area (Å²) in [6.07, 6.45) is 3.58. The van der Waals surface area contributed by atoms with E-state index >= 15 is 0 Å². The molecule has 0 radical (unpaired) electrons. The zero-order valence-electron chi connectivity index (χ0n) is 11.9. The molecule has 1 aromatic rings. The number of rotatable bonds is 5. The molecule has 100 valence electrons. The fourth-order valence-corrected chi connectivity index (χ4v) is 1.82. The number of hydrogen-bond acceptors (Lipinski definition) is 3. The Morgan fingerprint density at radius 3 is 2.61 bits per heavy atom. The van der Waals surface area contributed by atoms with Crippen LogP contribution in [0.2, 0.25) is 0 Å². The van der Waals surface area contributed by atoms with Gasteiger partial charge in [-0.25, -0.2) is 4.98 Å². The maximum absolute atomic E-state index is 5.87. The van der Waals surface area contributed by atoms with E-state index in [1.54, 1.807) is 0 Å². The Bertz CT molecular complexity index is 405. The quantitative estimate of drug-likeness (QED) is 0.869. The van der Waals surface area contributed by atoms with Crippen LogP contribution in [0.15, 0.2) is 12.1 Å². The summed E-state index contributed by atoms with van der Waals surface area (Å²) in [7, 11) is 0. The van der Waals surface area contributed by atoms with Gasteiger partial charge in [-0.1, -0.05) is 6.92 Å². The van der Waals surface area contributed by atoms with Crippen LogP contribution in [0.1, 0.15) is 51.8 Å². The lowest BCUT2D eigenvalue weighted by Crippen LogP contribution is -2.24. The second-order valence-electron chi connectivity index (χ2n) is 6.03. The summed E-state index contributed by atoms with van der Waals surface area (Å²) >= 11 is 0. The van der Waals surface area contributed by atoms with Gasteiger partial charge < -0.3 is 10.1 Å². The summed E-state index contributed by atoms with van der Waals surface area (Å²) in [6, 6.07) is 4.96. The van der Waals surface area contributed by atoms with E-state index in [1.165, 1.54) is 18.4 Å². The Labute approximate surface area is 110 Å². The molecule has 1 heterocycles. The van der Waals surface area contributed by atoms with Gasteiger partial charge in [0.15, 0.2) is 0 Å². The Morgan fingerprint density at radius 1 is 1.33 bits per heavy atom. The van der Waals surface area contributed by atoms with E-state index in [9.17, 15) is 0 Å². The van der Waals surface area contributed by atoms with Gasteiger partial charge in [0.05, 0.1) is 0 Å². The van der Waals surface area contributed by atoms with Gasteiger partial charge in [0, 0.05) is 24.3 Å². The van der Waals surface area contributed by atoms with Gasteiger partial charge in [-0.3, -0.25) is 0 Å². The van der Waals surface area contributed by atoms with Crippen molar-refractivity contribution in [1.82, 2.24) is 10.3 Å². The van der Waals surface area contributed by atoms with Gasteiger partial charge in [-0.05, 0) is 51.7 Å². The average molecular weight is 248 g/mol. The first-order valence-electron chi connectivity index (χ1n) is 6.88. The van der Waals surface area contributed by atoms with E-state index < -0.39 is 0 Å². The molecule has 0 spiro atoms. The van der Waals surface area contributed by atoms with E-state index in [2.05, 4.69) is 50.1 Å². The predicted octanol–water partition coefficient (Wildman–Crippen LogP) is 3.07. The van der Waals surface area contributed by atoms with Gasteiger partial charge in [0.25, 0.3) is 0 Å². The molecule has 0 atom stereocenters. The summed E-state index contributed by atoms with van der Waals surface area (Å²) in [6.45, 7) is 9.20. The molecule has 1 N–H and O–H groups in total. The van der Waals surface area contributed by atoms with Crippen molar-refractivity contribution in [3.05, 3.63) is 23.4 Å². The van der Waals surface area contributed by atoms with Gasteiger partial charge in [-0.15, -0.1) is 0 Å². The fraction of sp³-hybridized carbons (Fsp3) is 0.667. The first-order chi connectivity index (χ1) is 8.46. The third-order valence-corrected chi connectivity index (χ3v) is 2.86. The standard InChI is InChI=1S/C15H24N2O/c1-5-12-8-11(10-16-13-6-7-13)9-14(17-12)18-15(2,3)4/h8-9,13,16H,5-7,10H2,1-4H3. The molecule has 0 amide bonds. The molecule has 1 saturated carbocycles. The maximum atomic E-state index is 5.87. The number of ether oxygens (including phenoxy) is 1. The summed E-state index contributed by atoms with van der Waals surface area (Å²) in [5, 5.41) is 3.53. The Kier molecular flexibility index (Phi) is 3.91. The first kappa shape index (κ1) is 13.3. The van der Waals surface area contributed by atoms with Crippen molar-refractivity contribution in [1.29, 1.82) is 0 Å². The van der Waals surface area contributed by atoms with Crippen LogP contribution in [0.4, 0.5) is 0 Å². The lowest BCUT2D eigenvalue weighted by atomic mass is 10.1. The third kappa shape index (κ3) is 4.30. The van der Waals surface area contributed by atoms with Crippen molar-refractivity contribution in [3.8, 4) is 5.88 Å². The molecule has 3 nitrogen and oxygen atoms in total. The molecule has 1 aliphatic carbocycles. The third-order valence-electron chi connectivity index (χ3n) is 2.86. The molecule has 1 fully saturated rings. The van der Waals surface area contributed by atoms with Crippen LogP contribution < -0.4 is 10.1 Å². The monoisotopic (exact) mass is 248 g/mol.